The highest BCUT2D eigenvalue weighted by Crippen LogP contribution is 2.47. The summed E-state index contributed by atoms with van der Waals surface area (Å²) >= 11 is 0. The summed E-state index contributed by atoms with van der Waals surface area (Å²) in [5, 5.41) is 9.11. The van der Waals surface area contributed by atoms with Crippen molar-refractivity contribution < 1.29 is 14.2 Å². The molecule has 0 spiro atoms. The van der Waals surface area contributed by atoms with Gasteiger partial charge in [0, 0.05) is 12.8 Å². The van der Waals surface area contributed by atoms with Gasteiger partial charge in [-0.15, -0.1) is 4.52 Å². The van der Waals surface area contributed by atoms with Gasteiger partial charge in [0.25, 0.3) is 5.34 Å². The van der Waals surface area contributed by atoms with Gasteiger partial charge in [0.15, 0.2) is 0 Å². The van der Waals surface area contributed by atoms with E-state index in [9.17, 15) is 9.67 Å². The number of hydrogen-bond acceptors (Lipinski definition) is 3. The summed E-state index contributed by atoms with van der Waals surface area (Å²) < 4.78 is 17.3. The molecule has 0 bridgehead atoms. The maximum Gasteiger partial charge on any atom is 0.543 e. The fourth-order valence-electron chi connectivity index (χ4n) is 2.13. The third kappa shape index (κ3) is 3.35. The van der Waals surface area contributed by atoms with Gasteiger partial charge < -0.3 is 5.11 Å². The van der Waals surface area contributed by atoms with Crippen LogP contribution in [0.25, 0.3) is 0 Å². The normalized spacial score (nSPS) is 19.9. The molecule has 1 aliphatic carbocycles. The molecular formula is C13H18O3P+. The van der Waals surface area contributed by atoms with Crippen molar-refractivity contribution >= 4 is 8.03 Å². The lowest BCUT2D eigenvalue weighted by Gasteiger charge is -2.20. The number of rotatable bonds is 4. The molecule has 0 aromatic heterocycles. The Morgan fingerprint density at radius 3 is 2.47 bits per heavy atom. The van der Waals surface area contributed by atoms with E-state index < -0.39 is 13.4 Å². The van der Waals surface area contributed by atoms with Gasteiger partial charge in [0.1, 0.15) is 6.61 Å². The van der Waals surface area contributed by atoms with Crippen LogP contribution in [0.2, 0.25) is 0 Å². The summed E-state index contributed by atoms with van der Waals surface area (Å²) in [5.41, 5.74) is 0.982. The van der Waals surface area contributed by atoms with Gasteiger partial charge in [-0.05, 0) is 23.0 Å². The molecule has 1 saturated carbocycles. The Kier molecular flexibility index (Phi) is 4.27. The molecular weight excluding hydrogens is 235 g/mol. The van der Waals surface area contributed by atoms with Gasteiger partial charge in [-0.25, -0.2) is 0 Å². The predicted molar refractivity (Wildman–Crippen MR) is 66.9 cm³/mol. The van der Waals surface area contributed by atoms with Crippen molar-refractivity contribution in [3.05, 3.63) is 35.9 Å². The minimum atomic E-state index is -2.00. The second-order valence-electron chi connectivity index (χ2n) is 4.56. The van der Waals surface area contributed by atoms with Crippen molar-refractivity contribution in [2.24, 2.45) is 0 Å². The first kappa shape index (κ1) is 12.7. The average Bonchev–Trinajstić information content (AvgIpc) is 2.38. The van der Waals surface area contributed by atoms with Crippen molar-refractivity contribution in [3.8, 4) is 0 Å². The van der Waals surface area contributed by atoms with Gasteiger partial charge >= 0.3 is 8.03 Å². The van der Waals surface area contributed by atoms with Gasteiger partial charge in [-0.1, -0.05) is 36.8 Å². The topological polar surface area (TPSA) is 46.5 Å². The third-order valence-corrected chi connectivity index (χ3v) is 4.68. The Morgan fingerprint density at radius 2 is 1.82 bits per heavy atom. The van der Waals surface area contributed by atoms with E-state index in [0.717, 1.165) is 24.8 Å². The van der Waals surface area contributed by atoms with Gasteiger partial charge in [0.05, 0.1) is 0 Å². The summed E-state index contributed by atoms with van der Waals surface area (Å²) in [7, 11) is -2.00. The SMILES string of the molecule is O=[P+](OCc1ccccc1)C1(O)CCCCC1. The average molecular weight is 253 g/mol. The number of aliphatic hydroxyl groups is 1. The molecule has 0 saturated heterocycles. The Balaban J connectivity index is 1.88. The minimum Gasteiger partial charge on any atom is -0.346 e. The summed E-state index contributed by atoms with van der Waals surface area (Å²) in [5.74, 6) is 0. The molecule has 0 aliphatic heterocycles. The van der Waals surface area contributed by atoms with Crippen molar-refractivity contribution in [2.45, 2.75) is 44.1 Å². The Bertz CT molecular complexity index is 372. The number of hydrogen-bond donors (Lipinski definition) is 1. The first-order valence-corrected chi connectivity index (χ1v) is 7.25. The zero-order valence-corrected chi connectivity index (χ0v) is 10.7. The highest BCUT2D eigenvalue weighted by atomic mass is 31.1. The molecule has 0 amide bonds. The lowest BCUT2D eigenvalue weighted by Crippen LogP contribution is -2.27. The molecule has 0 radical (unpaired) electrons. The smallest absolute Gasteiger partial charge is 0.346 e. The van der Waals surface area contributed by atoms with Crippen LogP contribution in [0.1, 0.15) is 37.7 Å². The molecule has 1 aromatic carbocycles. The minimum absolute atomic E-state index is 0.304. The second-order valence-corrected chi connectivity index (χ2v) is 6.16. The molecule has 1 fully saturated rings. The fraction of sp³-hybridized carbons (Fsp3) is 0.538. The van der Waals surface area contributed by atoms with Crippen LogP contribution in [0.3, 0.4) is 0 Å². The summed E-state index contributed by atoms with van der Waals surface area (Å²) in [6.07, 6.45) is 4.18. The Labute approximate surface area is 103 Å². The molecule has 4 heteroatoms. The lowest BCUT2D eigenvalue weighted by atomic mass is 9.97. The van der Waals surface area contributed by atoms with E-state index in [4.69, 9.17) is 4.52 Å². The molecule has 3 nitrogen and oxygen atoms in total. The fourth-order valence-corrected chi connectivity index (χ4v) is 3.32. The predicted octanol–water partition coefficient (Wildman–Crippen LogP) is 3.60. The van der Waals surface area contributed by atoms with E-state index in [2.05, 4.69) is 0 Å². The van der Waals surface area contributed by atoms with Crippen molar-refractivity contribution in [3.63, 3.8) is 0 Å². The van der Waals surface area contributed by atoms with E-state index >= 15 is 0 Å². The number of benzene rings is 1. The standard InChI is InChI=1S/C13H18O3P/c14-13(9-5-2-6-10-13)17(15)16-11-12-7-3-1-4-8-12/h1,3-4,7-8,14H,2,5-6,9-11H2/q+1. The summed E-state index contributed by atoms with van der Waals surface area (Å²) in [4.78, 5) is 0. The van der Waals surface area contributed by atoms with Gasteiger partial charge in [-0.3, -0.25) is 0 Å². The Hall–Kier alpha value is -0.760. The lowest BCUT2D eigenvalue weighted by molar-refractivity contribution is 0.0687. The van der Waals surface area contributed by atoms with Gasteiger partial charge in [-0.2, -0.15) is 0 Å². The first-order chi connectivity index (χ1) is 8.21. The summed E-state index contributed by atoms with van der Waals surface area (Å²) in [6.45, 7) is 0.304. The van der Waals surface area contributed by atoms with E-state index in [1.54, 1.807) is 0 Å². The van der Waals surface area contributed by atoms with Crippen LogP contribution >= 0.6 is 8.03 Å². The van der Waals surface area contributed by atoms with Crippen LogP contribution < -0.4 is 0 Å². The van der Waals surface area contributed by atoms with E-state index in [1.165, 1.54) is 0 Å². The van der Waals surface area contributed by atoms with E-state index in [1.807, 2.05) is 30.3 Å². The largest absolute Gasteiger partial charge is 0.543 e. The van der Waals surface area contributed by atoms with E-state index in [0.29, 0.717) is 19.4 Å². The van der Waals surface area contributed by atoms with Crippen LogP contribution in [-0.2, 0) is 15.7 Å². The maximum atomic E-state index is 12.0. The molecule has 1 unspecified atom stereocenters. The Morgan fingerprint density at radius 1 is 1.18 bits per heavy atom. The molecule has 1 aliphatic rings. The molecule has 17 heavy (non-hydrogen) atoms. The van der Waals surface area contributed by atoms with Crippen LogP contribution in [-0.4, -0.2) is 10.4 Å². The molecule has 0 heterocycles. The maximum absolute atomic E-state index is 12.0. The molecule has 92 valence electrons. The summed E-state index contributed by atoms with van der Waals surface area (Å²) in [6, 6.07) is 9.61. The van der Waals surface area contributed by atoms with Crippen molar-refractivity contribution in [1.29, 1.82) is 0 Å². The van der Waals surface area contributed by atoms with Crippen molar-refractivity contribution in [2.75, 3.05) is 0 Å². The van der Waals surface area contributed by atoms with Crippen LogP contribution in [0.5, 0.6) is 0 Å². The van der Waals surface area contributed by atoms with Gasteiger partial charge in [0.2, 0.25) is 0 Å². The molecule has 1 aromatic rings. The first-order valence-electron chi connectivity index (χ1n) is 6.07. The van der Waals surface area contributed by atoms with E-state index in [-0.39, 0.29) is 0 Å². The highest BCUT2D eigenvalue weighted by molar-refractivity contribution is 7.40. The van der Waals surface area contributed by atoms with Crippen molar-refractivity contribution in [1.82, 2.24) is 0 Å². The van der Waals surface area contributed by atoms with Crippen LogP contribution in [0, 0.1) is 0 Å². The highest BCUT2D eigenvalue weighted by Gasteiger charge is 2.50. The zero-order chi connectivity index (χ0) is 12.1. The zero-order valence-electron chi connectivity index (χ0n) is 9.84. The van der Waals surface area contributed by atoms with Crippen LogP contribution in [0.4, 0.5) is 0 Å². The molecule has 1 atom stereocenters. The molecule has 2 rings (SSSR count). The molecule has 1 N–H and O–H groups in total. The monoisotopic (exact) mass is 253 g/mol. The van der Waals surface area contributed by atoms with Crippen LogP contribution in [0.15, 0.2) is 30.3 Å². The quantitative estimate of drug-likeness (QED) is 0.834. The third-order valence-electron chi connectivity index (χ3n) is 3.19. The second kappa shape index (κ2) is 5.72.